The minimum Gasteiger partial charge on any atom is -0.455 e. The molecule has 0 saturated carbocycles. The summed E-state index contributed by atoms with van der Waals surface area (Å²) in [5, 5.41) is 10.5. The molecular formula is C12H9N3O. The third kappa shape index (κ3) is 1.50. The number of hydrogen-bond donors (Lipinski definition) is 1. The number of para-hydroxylation sites is 2. The Bertz CT molecular complexity index is 604. The van der Waals surface area contributed by atoms with Crippen molar-refractivity contribution in [2.24, 2.45) is 0 Å². The second kappa shape index (κ2) is 3.66. The minimum absolute atomic E-state index is 0.730. The van der Waals surface area contributed by atoms with Crippen molar-refractivity contribution in [1.29, 1.82) is 0 Å². The fourth-order valence-electron chi connectivity index (χ4n) is 1.54. The Hall–Kier alpha value is -2.36. The topological polar surface area (TPSA) is 50.8 Å². The van der Waals surface area contributed by atoms with Crippen LogP contribution >= 0.6 is 0 Å². The average molecular weight is 211 g/mol. The first-order chi connectivity index (χ1) is 7.93. The van der Waals surface area contributed by atoms with Gasteiger partial charge in [-0.15, -0.1) is 5.10 Å². The standard InChI is InChI=1S/C12H9N3O/c1-2-5-9(6-3-1)16-11-8-4-7-10-12(11)14-15-13-10/h1-8H,(H,13,14,15). The molecule has 0 radical (unpaired) electrons. The van der Waals surface area contributed by atoms with Gasteiger partial charge in [0.2, 0.25) is 0 Å². The molecule has 78 valence electrons. The van der Waals surface area contributed by atoms with Crippen molar-refractivity contribution in [3.63, 3.8) is 0 Å². The lowest BCUT2D eigenvalue weighted by Crippen LogP contribution is -1.84. The maximum atomic E-state index is 5.74. The Labute approximate surface area is 91.9 Å². The highest BCUT2D eigenvalue weighted by molar-refractivity contribution is 5.80. The van der Waals surface area contributed by atoms with Crippen molar-refractivity contribution in [3.8, 4) is 11.5 Å². The van der Waals surface area contributed by atoms with Crippen molar-refractivity contribution in [2.75, 3.05) is 0 Å². The summed E-state index contributed by atoms with van der Waals surface area (Å²) in [4.78, 5) is 0. The summed E-state index contributed by atoms with van der Waals surface area (Å²) >= 11 is 0. The molecule has 0 aliphatic carbocycles. The van der Waals surface area contributed by atoms with Crippen molar-refractivity contribution in [1.82, 2.24) is 15.4 Å². The SMILES string of the molecule is c1ccc(Oc2cccc3nn[nH]c23)cc1. The molecule has 0 fully saturated rings. The van der Waals surface area contributed by atoms with Gasteiger partial charge in [0.25, 0.3) is 0 Å². The molecule has 0 spiro atoms. The van der Waals surface area contributed by atoms with E-state index < -0.39 is 0 Å². The predicted octanol–water partition coefficient (Wildman–Crippen LogP) is 2.75. The van der Waals surface area contributed by atoms with E-state index in [-0.39, 0.29) is 0 Å². The van der Waals surface area contributed by atoms with Crippen LogP contribution in [0, 0.1) is 0 Å². The predicted molar refractivity (Wildman–Crippen MR) is 60.4 cm³/mol. The molecule has 1 heterocycles. The molecule has 4 nitrogen and oxygen atoms in total. The number of aromatic amines is 1. The molecule has 2 aromatic carbocycles. The third-order valence-electron chi connectivity index (χ3n) is 2.29. The lowest BCUT2D eigenvalue weighted by Gasteiger charge is -2.05. The number of nitrogens with zero attached hydrogens (tertiary/aromatic N) is 2. The smallest absolute Gasteiger partial charge is 0.154 e. The number of hydrogen-bond acceptors (Lipinski definition) is 3. The van der Waals surface area contributed by atoms with Crippen LogP contribution in [0.3, 0.4) is 0 Å². The highest BCUT2D eigenvalue weighted by Gasteiger charge is 2.05. The number of nitrogens with one attached hydrogen (secondary N) is 1. The maximum Gasteiger partial charge on any atom is 0.154 e. The molecule has 0 unspecified atom stereocenters. The Balaban J connectivity index is 2.04. The first-order valence-corrected chi connectivity index (χ1v) is 4.96. The quantitative estimate of drug-likeness (QED) is 0.709. The number of H-pyrrole nitrogens is 1. The van der Waals surface area contributed by atoms with Gasteiger partial charge in [-0.1, -0.05) is 29.5 Å². The highest BCUT2D eigenvalue weighted by Crippen LogP contribution is 2.26. The van der Waals surface area contributed by atoms with E-state index >= 15 is 0 Å². The molecule has 0 atom stereocenters. The van der Waals surface area contributed by atoms with E-state index in [1.807, 2.05) is 48.5 Å². The number of rotatable bonds is 2. The second-order valence-corrected chi connectivity index (χ2v) is 3.38. The summed E-state index contributed by atoms with van der Waals surface area (Å²) in [6, 6.07) is 15.3. The molecule has 0 saturated heterocycles. The van der Waals surface area contributed by atoms with E-state index in [0.29, 0.717) is 0 Å². The molecule has 1 N–H and O–H groups in total. The summed E-state index contributed by atoms with van der Waals surface area (Å²) in [6.45, 7) is 0. The van der Waals surface area contributed by atoms with Crippen LogP contribution in [0.2, 0.25) is 0 Å². The molecule has 0 aliphatic rings. The molecule has 3 rings (SSSR count). The van der Waals surface area contributed by atoms with Gasteiger partial charge in [0.05, 0.1) is 0 Å². The van der Waals surface area contributed by atoms with Crippen LogP contribution in [0.4, 0.5) is 0 Å². The summed E-state index contributed by atoms with van der Waals surface area (Å²) in [5.74, 6) is 1.53. The summed E-state index contributed by atoms with van der Waals surface area (Å²) in [7, 11) is 0. The Morgan fingerprint density at radius 3 is 2.69 bits per heavy atom. The van der Waals surface area contributed by atoms with Gasteiger partial charge < -0.3 is 4.74 Å². The van der Waals surface area contributed by atoms with E-state index in [2.05, 4.69) is 15.4 Å². The van der Waals surface area contributed by atoms with Gasteiger partial charge in [0.1, 0.15) is 16.8 Å². The van der Waals surface area contributed by atoms with Crippen molar-refractivity contribution < 1.29 is 4.74 Å². The lowest BCUT2D eigenvalue weighted by molar-refractivity contribution is 0.487. The van der Waals surface area contributed by atoms with Crippen LogP contribution in [-0.2, 0) is 0 Å². The van der Waals surface area contributed by atoms with Crippen LogP contribution in [0.1, 0.15) is 0 Å². The molecule has 16 heavy (non-hydrogen) atoms. The van der Waals surface area contributed by atoms with Gasteiger partial charge in [0.15, 0.2) is 5.75 Å². The van der Waals surface area contributed by atoms with Crippen molar-refractivity contribution >= 4 is 11.0 Å². The minimum atomic E-state index is 0.730. The van der Waals surface area contributed by atoms with Gasteiger partial charge in [-0.3, -0.25) is 5.10 Å². The molecule has 0 aliphatic heterocycles. The first-order valence-electron chi connectivity index (χ1n) is 4.96. The van der Waals surface area contributed by atoms with Gasteiger partial charge in [0, 0.05) is 0 Å². The largest absolute Gasteiger partial charge is 0.455 e. The zero-order valence-corrected chi connectivity index (χ0v) is 8.42. The Morgan fingerprint density at radius 2 is 1.81 bits per heavy atom. The number of fused-ring (bicyclic) bond motifs is 1. The zero-order valence-electron chi connectivity index (χ0n) is 8.42. The first kappa shape index (κ1) is 8.91. The Morgan fingerprint density at radius 1 is 0.938 bits per heavy atom. The monoisotopic (exact) mass is 211 g/mol. The number of ether oxygens (including phenoxy) is 1. The fraction of sp³-hybridized carbons (Fsp3) is 0. The van der Waals surface area contributed by atoms with Crippen LogP contribution in [-0.4, -0.2) is 15.4 Å². The van der Waals surface area contributed by atoms with Gasteiger partial charge in [-0.2, -0.15) is 0 Å². The van der Waals surface area contributed by atoms with Crippen LogP contribution in [0.5, 0.6) is 11.5 Å². The molecule has 0 amide bonds. The summed E-state index contributed by atoms with van der Waals surface area (Å²) in [5.41, 5.74) is 1.61. The molecular weight excluding hydrogens is 202 g/mol. The maximum absolute atomic E-state index is 5.74. The van der Waals surface area contributed by atoms with E-state index in [9.17, 15) is 0 Å². The molecule has 4 heteroatoms. The average Bonchev–Trinajstić information content (AvgIpc) is 2.80. The van der Waals surface area contributed by atoms with E-state index in [4.69, 9.17) is 4.74 Å². The normalized spacial score (nSPS) is 10.5. The lowest BCUT2D eigenvalue weighted by atomic mass is 10.3. The molecule has 0 bridgehead atoms. The van der Waals surface area contributed by atoms with Crippen LogP contribution < -0.4 is 4.74 Å². The second-order valence-electron chi connectivity index (χ2n) is 3.38. The van der Waals surface area contributed by atoms with Gasteiger partial charge in [-0.05, 0) is 24.3 Å². The van der Waals surface area contributed by atoms with E-state index in [1.165, 1.54) is 0 Å². The molecule has 1 aromatic heterocycles. The highest BCUT2D eigenvalue weighted by atomic mass is 16.5. The van der Waals surface area contributed by atoms with E-state index in [1.54, 1.807) is 0 Å². The zero-order chi connectivity index (χ0) is 10.8. The van der Waals surface area contributed by atoms with Crippen LogP contribution in [0.15, 0.2) is 48.5 Å². The summed E-state index contributed by atoms with van der Waals surface area (Å²) in [6.07, 6.45) is 0. The number of aromatic nitrogens is 3. The van der Waals surface area contributed by atoms with Crippen molar-refractivity contribution in [3.05, 3.63) is 48.5 Å². The number of benzene rings is 2. The third-order valence-corrected chi connectivity index (χ3v) is 2.29. The van der Waals surface area contributed by atoms with E-state index in [0.717, 1.165) is 22.5 Å². The fourth-order valence-corrected chi connectivity index (χ4v) is 1.54. The summed E-state index contributed by atoms with van der Waals surface area (Å²) < 4.78 is 5.74. The van der Waals surface area contributed by atoms with Gasteiger partial charge >= 0.3 is 0 Å². The Kier molecular flexibility index (Phi) is 2.04. The van der Waals surface area contributed by atoms with Crippen LogP contribution in [0.25, 0.3) is 11.0 Å². The van der Waals surface area contributed by atoms with Gasteiger partial charge in [-0.25, -0.2) is 0 Å². The van der Waals surface area contributed by atoms with Crippen molar-refractivity contribution in [2.45, 2.75) is 0 Å². The molecule has 3 aromatic rings.